The highest BCUT2D eigenvalue weighted by molar-refractivity contribution is 5.94. The molecule has 0 saturated heterocycles. The molecule has 2 amide bonds. The molecule has 0 heterocycles. The summed E-state index contributed by atoms with van der Waals surface area (Å²) >= 11 is 0. The Kier molecular flexibility index (Phi) is 7.16. The first-order chi connectivity index (χ1) is 14.5. The number of methoxy groups -OCH3 is 1. The van der Waals surface area contributed by atoms with Crippen molar-refractivity contribution in [3.05, 3.63) is 89.7 Å². The van der Waals surface area contributed by atoms with Crippen molar-refractivity contribution in [2.45, 2.75) is 6.42 Å². The van der Waals surface area contributed by atoms with Crippen molar-refractivity contribution in [3.63, 3.8) is 0 Å². The first-order valence-electron chi connectivity index (χ1n) is 9.59. The van der Waals surface area contributed by atoms with Crippen LogP contribution in [0.5, 0.6) is 5.75 Å². The number of nitrogens with one attached hydrogen (secondary N) is 2. The van der Waals surface area contributed by atoms with Crippen LogP contribution in [0.1, 0.15) is 15.9 Å². The first-order valence-corrected chi connectivity index (χ1v) is 9.59. The van der Waals surface area contributed by atoms with E-state index >= 15 is 0 Å². The average molecular weight is 406 g/mol. The molecule has 0 atom stereocenters. The Bertz CT molecular complexity index is 1000. The molecule has 0 saturated carbocycles. The second-order valence-electron chi connectivity index (χ2n) is 6.72. The summed E-state index contributed by atoms with van der Waals surface area (Å²) in [6.45, 7) is 0.624. The van der Waals surface area contributed by atoms with E-state index in [1.54, 1.807) is 31.4 Å². The SMILES string of the molecule is COc1cccc(-c2ccc(C(=O)NCCNC(=O)Cc3ccc(F)cc3)cc2)c1. The van der Waals surface area contributed by atoms with Gasteiger partial charge in [0.2, 0.25) is 5.91 Å². The van der Waals surface area contributed by atoms with Gasteiger partial charge >= 0.3 is 0 Å². The van der Waals surface area contributed by atoms with Crippen LogP contribution in [0, 0.1) is 5.82 Å². The number of hydrogen-bond acceptors (Lipinski definition) is 3. The van der Waals surface area contributed by atoms with E-state index in [1.165, 1.54) is 12.1 Å². The van der Waals surface area contributed by atoms with Gasteiger partial charge in [0.15, 0.2) is 0 Å². The molecule has 0 spiro atoms. The molecule has 3 aromatic carbocycles. The van der Waals surface area contributed by atoms with Crippen LogP contribution in [-0.4, -0.2) is 32.0 Å². The minimum atomic E-state index is -0.335. The molecule has 30 heavy (non-hydrogen) atoms. The molecule has 5 nitrogen and oxygen atoms in total. The maximum atomic E-state index is 12.9. The Hall–Kier alpha value is -3.67. The number of amides is 2. The van der Waals surface area contributed by atoms with E-state index in [9.17, 15) is 14.0 Å². The van der Waals surface area contributed by atoms with Gasteiger partial charge in [0.1, 0.15) is 11.6 Å². The maximum absolute atomic E-state index is 12.9. The van der Waals surface area contributed by atoms with Crippen LogP contribution in [0.15, 0.2) is 72.8 Å². The van der Waals surface area contributed by atoms with Crippen molar-refractivity contribution in [2.75, 3.05) is 20.2 Å². The highest BCUT2D eigenvalue weighted by atomic mass is 19.1. The zero-order valence-corrected chi connectivity index (χ0v) is 16.7. The molecule has 0 bridgehead atoms. The van der Waals surface area contributed by atoms with E-state index in [0.717, 1.165) is 22.4 Å². The number of carbonyl (C=O) groups excluding carboxylic acids is 2. The third-order valence-corrected chi connectivity index (χ3v) is 4.56. The van der Waals surface area contributed by atoms with Crippen molar-refractivity contribution in [1.29, 1.82) is 0 Å². The van der Waals surface area contributed by atoms with Gasteiger partial charge in [-0.3, -0.25) is 9.59 Å². The molecule has 0 aliphatic carbocycles. The van der Waals surface area contributed by atoms with Gasteiger partial charge in [-0.05, 0) is 53.1 Å². The summed E-state index contributed by atoms with van der Waals surface area (Å²) in [4.78, 5) is 24.2. The predicted octanol–water partition coefficient (Wildman–Crippen LogP) is 3.59. The van der Waals surface area contributed by atoms with Crippen molar-refractivity contribution in [1.82, 2.24) is 10.6 Å². The Morgan fingerprint density at radius 3 is 2.27 bits per heavy atom. The van der Waals surface area contributed by atoms with Crippen LogP contribution in [0.25, 0.3) is 11.1 Å². The Morgan fingerprint density at radius 2 is 1.57 bits per heavy atom. The minimum Gasteiger partial charge on any atom is -0.497 e. The Morgan fingerprint density at radius 1 is 0.867 bits per heavy atom. The lowest BCUT2D eigenvalue weighted by molar-refractivity contribution is -0.120. The van der Waals surface area contributed by atoms with Crippen molar-refractivity contribution >= 4 is 11.8 Å². The minimum absolute atomic E-state index is 0.167. The largest absolute Gasteiger partial charge is 0.497 e. The average Bonchev–Trinajstić information content (AvgIpc) is 2.78. The van der Waals surface area contributed by atoms with Gasteiger partial charge < -0.3 is 15.4 Å². The molecule has 0 aliphatic heterocycles. The highest BCUT2D eigenvalue weighted by Gasteiger charge is 2.07. The summed E-state index contributed by atoms with van der Waals surface area (Å²) < 4.78 is 18.1. The third-order valence-electron chi connectivity index (χ3n) is 4.56. The van der Waals surface area contributed by atoms with E-state index in [-0.39, 0.29) is 24.1 Å². The normalized spacial score (nSPS) is 10.3. The van der Waals surface area contributed by atoms with Gasteiger partial charge in [0, 0.05) is 18.7 Å². The van der Waals surface area contributed by atoms with Crippen LogP contribution >= 0.6 is 0 Å². The van der Waals surface area contributed by atoms with E-state index in [0.29, 0.717) is 18.7 Å². The smallest absolute Gasteiger partial charge is 0.251 e. The van der Waals surface area contributed by atoms with Gasteiger partial charge in [-0.2, -0.15) is 0 Å². The van der Waals surface area contributed by atoms with Crippen LogP contribution in [0.2, 0.25) is 0 Å². The number of hydrogen-bond donors (Lipinski definition) is 2. The van der Waals surface area contributed by atoms with Gasteiger partial charge in [-0.15, -0.1) is 0 Å². The zero-order valence-electron chi connectivity index (χ0n) is 16.7. The summed E-state index contributed by atoms with van der Waals surface area (Å²) in [5.74, 6) is 0.0488. The van der Waals surface area contributed by atoms with Gasteiger partial charge in [0.25, 0.3) is 5.91 Å². The van der Waals surface area contributed by atoms with Crippen molar-refractivity contribution in [3.8, 4) is 16.9 Å². The molecule has 3 rings (SSSR count). The van der Waals surface area contributed by atoms with E-state index in [4.69, 9.17) is 4.74 Å². The first kappa shape index (κ1) is 21.0. The molecule has 154 valence electrons. The van der Waals surface area contributed by atoms with Crippen LogP contribution < -0.4 is 15.4 Å². The Labute approximate surface area is 174 Å². The number of carbonyl (C=O) groups is 2. The highest BCUT2D eigenvalue weighted by Crippen LogP contribution is 2.24. The van der Waals surface area contributed by atoms with Gasteiger partial charge in [-0.25, -0.2) is 4.39 Å². The number of halogens is 1. The van der Waals surface area contributed by atoms with Crippen LogP contribution in [0.3, 0.4) is 0 Å². The fourth-order valence-electron chi connectivity index (χ4n) is 2.95. The second kappa shape index (κ2) is 10.2. The van der Waals surface area contributed by atoms with Crippen LogP contribution in [-0.2, 0) is 11.2 Å². The summed E-state index contributed by atoms with van der Waals surface area (Å²) in [7, 11) is 1.62. The summed E-state index contributed by atoms with van der Waals surface area (Å²) in [5.41, 5.74) is 3.26. The lowest BCUT2D eigenvalue weighted by Crippen LogP contribution is -2.35. The summed E-state index contributed by atoms with van der Waals surface area (Å²) in [6.07, 6.45) is 0.167. The number of rotatable bonds is 8. The quantitative estimate of drug-likeness (QED) is 0.562. The topological polar surface area (TPSA) is 67.4 Å². The molecular weight excluding hydrogens is 383 g/mol. The summed E-state index contributed by atoms with van der Waals surface area (Å²) in [5, 5.41) is 5.51. The van der Waals surface area contributed by atoms with E-state index < -0.39 is 0 Å². The molecule has 2 N–H and O–H groups in total. The lowest BCUT2D eigenvalue weighted by Gasteiger charge is -2.09. The third kappa shape index (κ3) is 5.91. The van der Waals surface area contributed by atoms with Gasteiger partial charge in [-0.1, -0.05) is 36.4 Å². The number of benzene rings is 3. The van der Waals surface area contributed by atoms with Crippen molar-refractivity contribution < 1.29 is 18.7 Å². The predicted molar refractivity (Wildman–Crippen MR) is 114 cm³/mol. The maximum Gasteiger partial charge on any atom is 0.251 e. The summed E-state index contributed by atoms with van der Waals surface area (Å²) in [6, 6.07) is 20.8. The fourth-order valence-corrected chi connectivity index (χ4v) is 2.95. The van der Waals surface area contributed by atoms with E-state index in [1.807, 2.05) is 36.4 Å². The molecular formula is C24H23FN2O3. The molecule has 0 fully saturated rings. The molecule has 0 aliphatic rings. The molecule has 0 radical (unpaired) electrons. The lowest BCUT2D eigenvalue weighted by atomic mass is 10.0. The fraction of sp³-hybridized carbons (Fsp3) is 0.167. The molecule has 3 aromatic rings. The standard InChI is InChI=1S/C24H23FN2O3/c1-30-22-4-2-3-20(16-22)18-7-9-19(10-8-18)24(29)27-14-13-26-23(28)15-17-5-11-21(25)12-6-17/h2-12,16H,13-15H2,1H3,(H,26,28)(H,27,29). The van der Waals surface area contributed by atoms with Crippen molar-refractivity contribution in [2.24, 2.45) is 0 Å². The Balaban J connectivity index is 1.44. The zero-order chi connectivity index (χ0) is 21.3. The van der Waals surface area contributed by atoms with Gasteiger partial charge in [0.05, 0.1) is 13.5 Å². The second-order valence-corrected chi connectivity index (χ2v) is 6.72. The van der Waals surface area contributed by atoms with E-state index in [2.05, 4.69) is 10.6 Å². The molecule has 6 heteroatoms. The monoisotopic (exact) mass is 406 g/mol. The molecule has 0 aromatic heterocycles. The number of ether oxygens (including phenoxy) is 1. The van der Waals surface area contributed by atoms with Crippen LogP contribution in [0.4, 0.5) is 4.39 Å². The molecule has 0 unspecified atom stereocenters.